The van der Waals surface area contributed by atoms with Gasteiger partial charge in [-0.3, -0.25) is 0 Å². The van der Waals surface area contributed by atoms with Crippen LogP contribution in [0.15, 0.2) is 34.8 Å². The van der Waals surface area contributed by atoms with Gasteiger partial charge in [-0.25, -0.2) is 9.97 Å². The van der Waals surface area contributed by atoms with Gasteiger partial charge in [-0.05, 0) is 40.2 Å². The summed E-state index contributed by atoms with van der Waals surface area (Å²) in [5.74, 6) is 1.02. The summed E-state index contributed by atoms with van der Waals surface area (Å²) in [7, 11) is 2.51. The molecule has 1 aliphatic carbocycles. The fraction of sp³-hybridized carbons (Fsp3) is 0.478. The normalized spacial score (nSPS) is 29.5. The van der Waals surface area contributed by atoms with Gasteiger partial charge in [0.05, 0.1) is 31.0 Å². The molecule has 0 spiro atoms. The summed E-state index contributed by atoms with van der Waals surface area (Å²) in [6, 6.07) is 5.42. The predicted octanol–water partition coefficient (Wildman–Crippen LogP) is 4.68. The number of ether oxygens (including phenoxy) is 5. The Hall–Kier alpha value is -1.96. The molecule has 194 valence electrons. The van der Waals surface area contributed by atoms with Crippen LogP contribution in [0.4, 0.5) is 24.7 Å². The lowest BCUT2D eigenvalue weighted by atomic mass is 9.94. The highest BCUT2D eigenvalue weighted by Crippen LogP contribution is 2.47. The van der Waals surface area contributed by atoms with Crippen molar-refractivity contribution in [3.63, 3.8) is 0 Å². The number of methoxy groups -OCH3 is 2. The number of rotatable bonds is 6. The Labute approximate surface area is 218 Å². The summed E-state index contributed by atoms with van der Waals surface area (Å²) in [6.07, 6.45) is -4.77. The molecule has 0 amide bonds. The first-order chi connectivity index (χ1) is 17.2. The molecule has 5 atom stereocenters. The maximum atomic E-state index is 13.8. The summed E-state index contributed by atoms with van der Waals surface area (Å²) < 4.78 is 69.7. The molecule has 0 radical (unpaired) electrons. The molecule has 1 aromatic heterocycles. The summed E-state index contributed by atoms with van der Waals surface area (Å²) in [5, 5.41) is 3.78. The van der Waals surface area contributed by atoms with Gasteiger partial charge in [-0.15, -0.1) is 0 Å². The molecule has 3 unspecified atom stereocenters. The van der Waals surface area contributed by atoms with Gasteiger partial charge in [-0.2, -0.15) is 13.2 Å². The Bertz CT molecular complexity index is 1190. The molecule has 3 heterocycles. The highest BCUT2D eigenvalue weighted by Gasteiger charge is 2.70. The zero-order chi connectivity index (χ0) is 25.7. The van der Waals surface area contributed by atoms with Crippen LogP contribution in [-0.2, 0) is 30.1 Å². The molecule has 0 bridgehead atoms. The van der Waals surface area contributed by atoms with Crippen LogP contribution in [0.25, 0.3) is 6.08 Å². The van der Waals surface area contributed by atoms with E-state index in [1.165, 1.54) is 13.4 Å². The van der Waals surface area contributed by atoms with Crippen molar-refractivity contribution in [3.05, 3.63) is 51.0 Å². The summed E-state index contributed by atoms with van der Waals surface area (Å²) in [6.45, 7) is -0.733. The van der Waals surface area contributed by atoms with Gasteiger partial charge in [-0.1, -0.05) is 11.6 Å². The highest BCUT2D eigenvalue weighted by molar-refractivity contribution is 9.10. The van der Waals surface area contributed by atoms with Gasteiger partial charge >= 0.3 is 6.18 Å². The van der Waals surface area contributed by atoms with Crippen LogP contribution in [0, 0.1) is 0 Å². The van der Waals surface area contributed by atoms with Crippen molar-refractivity contribution < 1.29 is 36.9 Å². The predicted molar refractivity (Wildman–Crippen MR) is 127 cm³/mol. The smallest absolute Gasteiger partial charge is 0.422 e. The molecule has 13 heteroatoms. The molecule has 2 saturated heterocycles. The van der Waals surface area contributed by atoms with Crippen molar-refractivity contribution in [1.82, 2.24) is 9.97 Å². The van der Waals surface area contributed by atoms with Gasteiger partial charge in [0.25, 0.3) is 0 Å². The molecule has 2 aromatic rings. The fourth-order valence-electron chi connectivity index (χ4n) is 4.72. The molecular formula is C23H22BrClF3N3O5. The average Bonchev–Trinajstić information content (AvgIpc) is 3.42. The fourth-order valence-corrected chi connectivity index (χ4v) is 5.14. The van der Waals surface area contributed by atoms with E-state index in [2.05, 4.69) is 31.2 Å². The summed E-state index contributed by atoms with van der Waals surface area (Å²) >= 11 is 9.57. The maximum Gasteiger partial charge on any atom is 0.422 e. The van der Waals surface area contributed by atoms with E-state index in [9.17, 15) is 13.2 Å². The third kappa shape index (κ3) is 4.37. The first-order valence-corrected chi connectivity index (χ1v) is 12.2. The minimum Gasteiger partial charge on any atom is -0.498 e. The lowest BCUT2D eigenvalue weighted by Gasteiger charge is -2.32. The van der Waals surface area contributed by atoms with Crippen LogP contribution in [0.1, 0.15) is 11.3 Å². The number of hydrogen-bond acceptors (Lipinski definition) is 8. The molecule has 2 aliphatic heterocycles. The average molecular weight is 593 g/mol. The van der Waals surface area contributed by atoms with Gasteiger partial charge in [0.2, 0.25) is 5.60 Å². The van der Waals surface area contributed by atoms with Crippen molar-refractivity contribution in [2.75, 3.05) is 32.8 Å². The Morgan fingerprint density at radius 3 is 2.72 bits per heavy atom. The van der Waals surface area contributed by atoms with Crippen LogP contribution >= 0.6 is 27.5 Å². The molecule has 3 aliphatic rings. The van der Waals surface area contributed by atoms with E-state index >= 15 is 0 Å². The Kier molecular flexibility index (Phi) is 6.94. The molecule has 1 aromatic carbocycles. The van der Waals surface area contributed by atoms with Crippen LogP contribution in [-0.4, -0.2) is 73.6 Å². The monoisotopic (exact) mass is 591 g/mol. The second-order valence-corrected chi connectivity index (χ2v) is 9.84. The molecule has 8 nitrogen and oxygen atoms in total. The minimum absolute atomic E-state index is 0.0716. The maximum absolute atomic E-state index is 13.8. The number of alkyl halides is 3. The van der Waals surface area contributed by atoms with Crippen molar-refractivity contribution in [1.29, 1.82) is 0 Å². The number of halogens is 5. The number of fused-ring (bicyclic) bond motifs is 2. The Morgan fingerprint density at radius 1 is 1.22 bits per heavy atom. The standard InChI is InChI=1S/C23H22BrClF3N3O5/c1-32-16-6-12-15(29-10-30-21(12)31-11-3-4-13(24)14(25)5-11)7-17(16)36-18-8-34-20-19(18)35-9-22(20,33-2)23(26,27)28/h3-6,10,17-20H,7-9H2,1-2H3,(H,29,30,31)/t17?,18-,19?,20?,22+/m1/s1. The highest BCUT2D eigenvalue weighted by atomic mass is 79.9. The molecule has 0 saturated carbocycles. The van der Waals surface area contributed by atoms with Gasteiger partial charge in [0.15, 0.2) is 0 Å². The topological polar surface area (TPSA) is 84.0 Å². The van der Waals surface area contributed by atoms with Gasteiger partial charge in [0.1, 0.15) is 42.3 Å². The lowest BCUT2D eigenvalue weighted by Crippen LogP contribution is -2.56. The van der Waals surface area contributed by atoms with Crippen molar-refractivity contribution in [2.45, 2.75) is 42.6 Å². The second-order valence-electron chi connectivity index (χ2n) is 8.58. The number of benzene rings is 1. The quantitative estimate of drug-likeness (QED) is 0.518. The van der Waals surface area contributed by atoms with E-state index in [1.807, 2.05) is 12.1 Å². The number of hydrogen-bond donors (Lipinski definition) is 1. The SMILES string of the molecule is COC1=Cc2c(ncnc2Nc2ccc(Br)c(Cl)c2)CC1O[C@@H]1COC2C1OC[C@@]2(OC)C(F)(F)F. The van der Waals surface area contributed by atoms with Crippen LogP contribution in [0.2, 0.25) is 5.02 Å². The molecule has 2 fully saturated rings. The van der Waals surface area contributed by atoms with E-state index in [1.54, 1.807) is 12.1 Å². The van der Waals surface area contributed by atoms with Crippen molar-refractivity contribution >= 4 is 45.1 Å². The first kappa shape index (κ1) is 25.7. The molecule has 36 heavy (non-hydrogen) atoms. The lowest BCUT2D eigenvalue weighted by molar-refractivity contribution is -0.291. The summed E-state index contributed by atoms with van der Waals surface area (Å²) in [4.78, 5) is 8.74. The number of anilines is 2. The van der Waals surface area contributed by atoms with E-state index in [0.717, 1.165) is 17.3 Å². The Morgan fingerprint density at radius 2 is 2.03 bits per heavy atom. The minimum atomic E-state index is -4.66. The largest absolute Gasteiger partial charge is 0.498 e. The van der Waals surface area contributed by atoms with Gasteiger partial charge < -0.3 is 29.0 Å². The number of nitrogens with one attached hydrogen (secondary N) is 1. The second kappa shape index (κ2) is 9.73. The van der Waals surface area contributed by atoms with Crippen molar-refractivity contribution in [3.8, 4) is 0 Å². The number of aromatic nitrogens is 2. The Balaban J connectivity index is 1.35. The third-order valence-corrected chi connectivity index (χ3v) is 7.84. The molecular weight excluding hydrogens is 571 g/mol. The first-order valence-electron chi connectivity index (χ1n) is 11.0. The van der Waals surface area contributed by atoms with E-state index < -0.39 is 42.8 Å². The van der Waals surface area contributed by atoms with E-state index in [4.69, 9.17) is 35.3 Å². The zero-order valence-electron chi connectivity index (χ0n) is 19.1. The third-order valence-electron chi connectivity index (χ3n) is 6.60. The molecule has 1 N–H and O–H groups in total. The number of nitrogens with zero attached hydrogens (tertiary/aromatic N) is 2. The van der Waals surface area contributed by atoms with Crippen LogP contribution in [0.3, 0.4) is 0 Å². The van der Waals surface area contributed by atoms with Gasteiger partial charge in [0, 0.05) is 29.3 Å². The zero-order valence-corrected chi connectivity index (χ0v) is 21.5. The van der Waals surface area contributed by atoms with E-state index in [0.29, 0.717) is 34.3 Å². The van der Waals surface area contributed by atoms with E-state index in [-0.39, 0.29) is 6.61 Å². The van der Waals surface area contributed by atoms with Crippen molar-refractivity contribution in [2.24, 2.45) is 0 Å². The van der Waals surface area contributed by atoms with Crippen LogP contribution < -0.4 is 5.32 Å². The summed E-state index contributed by atoms with van der Waals surface area (Å²) in [5.41, 5.74) is -0.403. The molecule has 5 rings (SSSR count). The van der Waals surface area contributed by atoms with Crippen LogP contribution in [0.5, 0.6) is 0 Å².